The smallest absolute Gasteiger partial charge is 0.314 e. The summed E-state index contributed by atoms with van der Waals surface area (Å²) in [5.41, 5.74) is 0. The monoisotopic (exact) mass is 251 g/mol. The van der Waals surface area contributed by atoms with Crippen LogP contribution in [0, 0.1) is 5.92 Å². The Hall–Kier alpha value is -0.250. The van der Waals surface area contributed by atoms with Gasteiger partial charge in [0, 0.05) is 12.5 Å². The largest absolute Gasteiger partial charge is 0.389 e. The molecule has 1 rings (SSSR count). The van der Waals surface area contributed by atoms with E-state index in [-0.39, 0.29) is 12.5 Å². The lowest BCUT2D eigenvalue weighted by Crippen LogP contribution is -2.28. The molecule has 0 bridgehead atoms. The average molecular weight is 251 g/mol. The van der Waals surface area contributed by atoms with Gasteiger partial charge in [0.2, 0.25) is 0 Å². The van der Waals surface area contributed by atoms with Crippen molar-refractivity contribution < 1.29 is 13.2 Å². The molecule has 0 aromatic heterocycles. The molecular formula is C13H24F3N. The Balaban J connectivity index is 1.95. The Morgan fingerprint density at radius 3 is 2.47 bits per heavy atom. The maximum Gasteiger partial charge on any atom is 0.389 e. The molecule has 102 valence electrons. The Kier molecular flexibility index (Phi) is 6.31. The lowest BCUT2D eigenvalue weighted by Gasteiger charge is -2.16. The van der Waals surface area contributed by atoms with E-state index in [0.717, 1.165) is 12.5 Å². The Morgan fingerprint density at radius 1 is 1.24 bits per heavy atom. The lowest BCUT2D eigenvalue weighted by molar-refractivity contribution is -0.135. The molecule has 1 aliphatic carbocycles. The predicted molar refractivity (Wildman–Crippen MR) is 63.9 cm³/mol. The summed E-state index contributed by atoms with van der Waals surface area (Å²) in [4.78, 5) is 0. The van der Waals surface area contributed by atoms with Crippen LogP contribution in [-0.2, 0) is 0 Å². The van der Waals surface area contributed by atoms with Crippen molar-refractivity contribution in [3.8, 4) is 0 Å². The summed E-state index contributed by atoms with van der Waals surface area (Å²) in [5, 5.41) is 3.33. The fraction of sp³-hybridized carbons (Fsp3) is 1.00. The van der Waals surface area contributed by atoms with Crippen LogP contribution in [0.5, 0.6) is 0 Å². The third-order valence-corrected chi connectivity index (χ3v) is 3.62. The minimum Gasteiger partial charge on any atom is -0.314 e. The molecule has 1 N–H and O–H groups in total. The van der Waals surface area contributed by atoms with Crippen molar-refractivity contribution in [2.75, 3.05) is 6.54 Å². The zero-order valence-corrected chi connectivity index (χ0v) is 10.7. The summed E-state index contributed by atoms with van der Waals surface area (Å²) >= 11 is 0. The van der Waals surface area contributed by atoms with E-state index in [1.807, 2.05) is 6.92 Å². The normalized spacial score (nSPS) is 19.8. The second-order valence-electron chi connectivity index (χ2n) is 5.30. The summed E-state index contributed by atoms with van der Waals surface area (Å²) in [6, 6.07) is 0.207. The number of hydrogen-bond acceptors (Lipinski definition) is 1. The molecule has 1 fully saturated rings. The molecular weight excluding hydrogens is 227 g/mol. The molecule has 0 aromatic rings. The minimum atomic E-state index is -4.00. The van der Waals surface area contributed by atoms with E-state index in [4.69, 9.17) is 0 Å². The van der Waals surface area contributed by atoms with Gasteiger partial charge in [0.05, 0.1) is 0 Å². The zero-order chi connectivity index (χ0) is 12.7. The second-order valence-corrected chi connectivity index (χ2v) is 5.30. The molecule has 0 spiro atoms. The highest BCUT2D eigenvalue weighted by Crippen LogP contribution is 2.27. The molecule has 1 atom stereocenters. The Morgan fingerprint density at radius 2 is 1.88 bits per heavy atom. The van der Waals surface area contributed by atoms with Gasteiger partial charge in [0.15, 0.2) is 0 Å². The van der Waals surface area contributed by atoms with E-state index in [2.05, 4.69) is 5.32 Å². The Bertz CT molecular complexity index is 197. The van der Waals surface area contributed by atoms with Crippen LogP contribution in [0.2, 0.25) is 0 Å². The molecule has 1 aliphatic rings. The first-order valence-electron chi connectivity index (χ1n) is 6.77. The molecule has 0 radical (unpaired) electrons. The molecule has 0 saturated heterocycles. The quantitative estimate of drug-likeness (QED) is 0.712. The van der Waals surface area contributed by atoms with Gasteiger partial charge >= 0.3 is 6.18 Å². The third kappa shape index (κ3) is 7.63. The van der Waals surface area contributed by atoms with E-state index in [1.165, 1.54) is 32.1 Å². The van der Waals surface area contributed by atoms with Gasteiger partial charge in [-0.15, -0.1) is 0 Å². The SMILES string of the molecule is CC(CCCC(F)(F)F)NCCC1CCCC1. The van der Waals surface area contributed by atoms with Crippen LogP contribution < -0.4 is 5.32 Å². The number of alkyl halides is 3. The summed E-state index contributed by atoms with van der Waals surface area (Å²) in [5.74, 6) is 0.852. The van der Waals surface area contributed by atoms with Crippen LogP contribution in [0.4, 0.5) is 13.2 Å². The first kappa shape index (κ1) is 14.8. The lowest BCUT2D eigenvalue weighted by atomic mass is 10.0. The molecule has 17 heavy (non-hydrogen) atoms. The fourth-order valence-electron chi connectivity index (χ4n) is 2.54. The van der Waals surface area contributed by atoms with Crippen molar-refractivity contribution in [1.82, 2.24) is 5.32 Å². The van der Waals surface area contributed by atoms with Crippen molar-refractivity contribution in [2.45, 2.75) is 70.5 Å². The topological polar surface area (TPSA) is 12.0 Å². The van der Waals surface area contributed by atoms with Crippen molar-refractivity contribution in [3.05, 3.63) is 0 Å². The highest BCUT2D eigenvalue weighted by molar-refractivity contribution is 4.70. The van der Waals surface area contributed by atoms with Gasteiger partial charge < -0.3 is 5.32 Å². The number of halogens is 3. The summed E-state index contributed by atoms with van der Waals surface area (Å²) in [7, 11) is 0. The van der Waals surface area contributed by atoms with Gasteiger partial charge in [0.1, 0.15) is 0 Å². The minimum absolute atomic E-state index is 0.207. The van der Waals surface area contributed by atoms with Crippen LogP contribution in [0.25, 0.3) is 0 Å². The highest BCUT2D eigenvalue weighted by Gasteiger charge is 2.26. The molecule has 0 aromatic carbocycles. The summed E-state index contributed by atoms with van der Waals surface area (Å²) < 4.78 is 35.8. The van der Waals surface area contributed by atoms with E-state index < -0.39 is 12.6 Å². The second kappa shape index (κ2) is 7.24. The molecule has 1 nitrogen and oxygen atoms in total. The zero-order valence-electron chi connectivity index (χ0n) is 10.7. The Labute approximate surface area is 102 Å². The van der Waals surface area contributed by atoms with Crippen LogP contribution in [0.1, 0.15) is 58.3 Å². The van der Waals surface area contributed by atoms with Crippen molar-refractivity contribution >= 4 is 0 Å². The van der Waals surface area contributed by atoms with Crippen LogP contribution in [-0.4, -0.2) is 18.8 Å². The summed E-state index contributed by atoms with van der Waals surface area (Å²) in [6.07, 6.45) is 2.77. The molecule has 4 heteroatoms. The first-order valence-corrected chi connectivity index (χ1v) is 6.77. The van der Waals surface area contributed by atoms with E-state index >= 15 is 0 Å². The predicted octanol–water partition coefficient (Wildman–Crippen LogP) is 4.28. The standard InChI is InChI=1S/C13H24F3N/c1-11(5-4-9-13(14,15)16)17-10-8-12-6-2-3-7-12/h11-12,17H,2-10H2,1H3. The maximum atomic E-state index is 11.9. The van der Waals surface area contributed by atoms with Gasteiger partial charge in [-0.1, -0.05) is 25.7 Å². The number of nitrogens with one attached hydrogen (secondary N) is 1. The van der Waals surface area contributed by atoms with Gasteiger partial charge in [-0.05, 0) is 38.6 Å². The fourth-order valence-corrected chi connectivity index (χ4v) is 2.54. The molecule has 0 aliphatic heterocycles. The van der Waals surface area contributed by atoms with Crippen molar-refractivity contribution in [3.63, 3.8) is 0 Å². The van der Waals surface area contributed by atoms with Crippen molar-refractivity contribution in [1.29, 1.82) is 0 Å². The van der Waals surface area contributed by atoms with Gasteiger partial charge in [-0.25, -0.2) is 0 Å². The highest BCUT2D eigenvalue weighted by atomic mass is 19.4. The van der Waals surface area contributed by atoms with Crippen LogP contribution >= 0.6 is 0 Å². The maximum absolute atomic E-state index is 11.9. The first-order chi connectivity index (χ1) is 7.97. The number of hydrogen-bond donors (Lipinski definition) is 1. The van der Waals surface area contributed by atoms with E-state index in [9.17, 15) is 13.2 Å². The average Bonchev–Trinajstić information content (AvgIpc) is 2.68. The molecule has 1 unspecified atom stereocenters. The van der Waals surface area contributed by atoms with Gasteiger partial charge in [-0.2, -0.15) is 13.2 Å². The van der Waals surface area contributed by atoms with Crippen molar-refractivity contribution in [2.24, 2.45) is 5.92 Å². The van der Waals surface area contributed by atoms with Gasteiger partial charge in [0.25, 0.3) is 0 Å². The number of rotatable bonds is 7. The molecule has 0 amide bonds. The molecule has 0 heterocycles. The third-order valence-electron chi connectivity index (χ3n) is 3.62. The van der Waals surface area contributed by atoms with Crippen LogP contribution in [0.15, 0.2) is 0 Å². The summed E-state index contributed by atoms with van der Waals surface area (Å²) in [6.45, 7) is 2.93. The van der Waals surface area contributed by atoms with Crippen LogP contribution in [0.3, 0.4) is 0 Å². The van der Waals surface area contributed by atoms with E-state index in [0.29, 0.717) is 6.42 Å². The van der Waals surface area contributed by atoms with E-state index in [1.54, 1.807) is 0 Å². The van der Waals surface area contributed by atoms with Gasteiger partial charge in [-0.3, -0.25) is 0 Å². The molecule has 1 saturated carbocycles.